The molecular formula is C19H29N3O5. The van der Waals surface area contributed by atoms with Crippen LogP contribution in [0.3, 0.4) is 0 Å². The van der Waals surface area contributed by atoms with Gasteiger partial charge in [-0.2, -0.15) is 0 Å². The maximum absolute atomic E-state index is 12.1. The second-order valence-corrected chi connectivity index (χ2v) is 6.11. The molecule has 0 aliphatic carbocycles. The van der Waals surface area contributed by atoms with Crippen molar-refractivity contribution in [3.05, 3.63) is 35.9 Å². The summed E-state index contributed by atoms with van der Waals surface area (Å²) in [5, 5.41) is 11.4. The molecule has 0 aromatic heterocycles. The lowest BCUT2D eigenvalue weighted by Crippen LogP contribution is -2.34. The molecule has 0 atom stereocenters. The summed E-state index contributed by atoms with van der Waals surface area (Å²) in [5.74, 6) is -1.17. The molecular weight excluding hydrogens is 350 g/mol. The van der Waals surface area contributed by atoms with Gasteiger partial charge in [0.25, 0.3) is 0 Å². The van der Waals surface area contributed by atoms with Crippen molar-refractivity contribution in [2.75, 3.05) is 26.2 Å². The van der Waals surface area contributed by atoms with Gasteiger partial charge >= 0.3 is 12.1 Å². The summed E-state index contributed by atoms with van der Waals surface area (Å²) in [6.45, 7) is 2.16. The van der Waals surface area contributed by atoms with E-state index in [2.05, 4.69) is 5.32 Å². The first-order chi connectivity index (χ1) is 13.0. The topological polar surface area (TPSA) is 122 Å². The number of rotatable bonds is 13. The summed E-state index contributed by atoms with van der Waals surface area (Å²) in [7, 11) is 0. The van der Waals surface area contributed by atoms with Gasteiger partial charge in [-0.25, -0.2) is 4.79 Å². The van der Waals surface area contributed by atoms with Crippen LogP contribution in [0.4, 0.5) is 4.79 Å². The molecule has 8 heteroatoms. The van der Waals surface area contributed by atoms with Gasteiger partial charge in [-0.15, -0.1) is 0 Å². The van der Waals surface area contributed by atoms with Gasteiger partial charge in [-0.1, -0.05) is 30.3 Å². The molecule has 0 bridgehead atoms. The highest BCUT2D eigenvalue weighted by molar-refractivity contribution is 5.80. The number of alkyl carbamates (subject to hydrolysis) is 1. The van der Waals surface area contributed by atoms with Gasteiger partial charge in [0.1, 0.15) is 6.61 Å². The summed E-state index contributed by atoms with van der Waals surface area (Å²) < 4.78 is 5.12. The number of hydrogen-bond acceptors (Lipinski definition) is 5. The van der Waals surface area contributed by atoms with Crippen molar-refractivity contribution in [2.45, 2.75) is 38.7 Å². The number of nitrogens with two attached hydrogens (primary N) is 1. The van der Waals surface area contributed by atoms with Crippen LogP contribution in [0.2, 0.25) is 0 Å². The summed E-state index contributed by atoms with van der Waals surface area (Å²) in [6, 6.07) is 9.41. The molecule has 150 valence electrons. The summed E-state index contributed by atoms with van der Waals surface area (Å²) in [4.78, 5) is 36.0. The lowest BCUT2D eigenvalue weighted by molar-refractivity contribution is -0.141. The number of nitrogens with zero attached hydrogens (tertiary/aromatic N) is 1. The van der Waals surface area contributed by atoms with Crippen LogP contribution in [-0.4, -0.2) is 54.2 Å². The zero-order valence-corrected chi connectivity index (χ0v) is 15.6. The van der Waals surface area contributed by atoms with Crippen LogP contribution in [0.1, 0.15) is 37.7 Å². The van der Waals surface area contributed by atoms with Crippen molar-refractivity contribution in [2.24, 2.45) is 5.73 Å². The molecule has 8 nitrogen and oxygen atoms in total. The predicted octanol–water partition coefficient (Wildman–Crippen LogP) is 1.74. The van der Waals surface area contributed by atoms with Gasteiger partial charge < -0.3 is 25.8 Å². The Morgan fingerprint density at radius 2 is 1.74 bits per heavy atom. The Hall–Kier alpha value is -2.61. The molecule has 0 saturated carbocycles. The summed E-state index contributed by atoms with van der Waals surface area (Å²) >= 11 is 0. The standard InChI is InChI=1S/C19H29N3O5/c20-11-6-14-22(17(23)9-10-18(24)25)13-5-4-12-21-19(26)27-15-16-7-2-1-3-8-16/h1-3,7-8H,4-6,9-15,20H2,(H,21,26)(H,24,25). The second kappa shape index (κ2) is 13.6. The van der Waals surface area contributed by atoms with E-state index in [-0.39, 0.29) is 25.4 Å². The quantitative estimate of drug-likeness (QED) is 0.449. The molecule has 0 unspecified atom stereocenters. The van der Waals surface area contributed by atoms with E-state index in [1.165, 1.54) is 0 Å². The maximum Gasteiger partial charge on any atom is 0.407 e. The van der Waals surface area contributed by atoms with Gasteiger partial charge in [0.05, 0.1) is 6.42 Å². The van der Waals surface area contributed by atoms with E-state index >= 15 is 0 Å². The second-order valence-electron chi connectivity index (χ2n) is 6.11. The highest BCUT2D eigenvalue weighted by Crippen LogP contribution is 2.03. The van der Waals surface area contributed by atoms with E-state index in [1.54, 1.807) is 4.90 Å². The molecule has 1 rings (SSSR count). The van der Waals surface area contributed by atoms with Crippen LogP contribution in [0, 0.1) is 0 Å². The van der Waals surface area contributed by atoms with E-state index in [9.17, 15) is 14.4 Å². The predicted molar refractivity (Wildman–Crippen MR) is 101 cm³/mol. The van der Waals surface area contributed by atoms with E-state index < -0.39 is 12.1 Å². The van der Waals surface area contributed by atoms with E-state index in [0.29, 0.717) is 45.4 Å². The van der Waals surface area contributed by atoms with Crippen molar-refractivity contribution < 1.29 is 24.2 Å². The van der Waals surface area contributed by atoms with Gasteiger partial charge in [0, 0.05) is 26.1 Å². The van der Waals surface area contributed by atoms with E-state index in [1.807, 2.05) is 30.3 Å². The number of ether oxygens (including phenoxy) is 1. The van der Waals surface area contributed by atoms with Gasteiger partial charge in [-0.05, 0) is 31.4 Å². The third-order valence-electron chi connectivity index (χ3n) is 3.87. The largest absolute Gasteiger partial charge is 0.481 e. The van der Waals surface area contributed by atoms with Crippen LogP contribution >= 0.6 is 0 Å². The highest BCUT2D eigenvalue weighted by Gasteiger charge is 2.14. The van der Waals surface area contributed by atoms with Crippen molar-refractivity contribution >= 4 is 18.0 Å². The number of carbonyl (C=O) groups excluding carboxylic acids is 2. The number of aliphatic carboxylic acids is 1. The van der Waals surface area contributed by atoms with Crippen LogP contribution in [0.15, 0.2) is 30.3 Å². The molecule has 1 aromatic carbocycles. The highest BCUT2D eigenvalue weighted by atomic mass is 16.5. The average Bonchev–Trinajstić information content (AvgIpc) is 2.67. The zero-order valence-electron chi connectivity index (χ0n) is 15.6. The molecule has 0 heterocycles. The minimum Gasteiger partial charge on any atom is -0.481 e. The Bertz CT molecular complexity index is 580. The maximum atomic E-state index is 12.1. The summed E-state index contributed by atoms with van der Waals surface area (Å²) in [6.07, 6.45) is 1.39. The number of benzene rings is 1. The first kappa shape index (κ1) is 22.4. The normalized spacial score (nSPS) is 10.3. The van der Waals surface area contributed by atoms with Gasteiger partial charge in [-0.3, -0.25) is 9.59 Å². The van der Waals surface area contributed by atoms with Gasteiger partial charge in [0.15, 0.2) is 0 Å². The van der Waals surface area contributed by atoms with Crippen LogP contribution < -0.4 is 11.1 Å². The van der Waals surface area contributed by atoms with Gasteiger partial charge in [0.2, 0.25) is 5.91 Å². The Morgan fingerprint density at radius 3 is 2.41 bits per heavy atom. The number of carboxylic acid groups (broad SMARTS) is 1. The Kier molecular flexibility index (Phi) is 11.3. The zero-order chi connectivity index (χ0) is 19.9. The number of amides is 2. The van der Waals surface area contributed by atoms with Crippen molar-refractivity contribution in [3.8, 4) is 0 Å². The molecule has 0 radical (unpaired) electrons. The number of unbranched alkanes of at least 4 members (excludes halogenated alkanes) is 1. The van der Waals surface area contributed by atoms with E-state index in [0.717, 1.165) is 5.56 Å². The fourth-order valence-corrected chi connectivity index (χ4v) is 2.41. The Morgan fingerprint density at radius 1 is 1.04 bits per heavy atom. The molecule has 1 aromatic rings. The molecule has 0 aliphatic rings. The Labute approximate surface area is 159 Å². The number of carboxylic acids is 1. The van der Waals surface area contributed by atoms with Crippen LogP contribution in [-0.2, 0) is 20.9 Å². The SMILES string of the molecule is NCCCN(CCCCNC(=O)OCc1ccccc1)C(=O)CCC(=O)O. The van der Waals surface area contributed by atoms with Crippen LogP contribution in [0.5, 0.6) is 0 Å². The first-order valence-electron chi connectivity index (χ1n) is 9.17. The molecule has 0 fully saturated rings. The molecule has 0 saturated heterocycles. The molecule has 27 heavy (non-hydrogen) atoms. The van der Waals surface area contributed by atoms with Crippen molar-refractivity contribution in [3.63, 3.8) is 0 Å². The lowest BCUT2D eigenvalue weighted by Gasteiger charge is -2.22. The van der Waals surface area contributed by atoms with Crippen molar-refractivity contribution in [1.29, 1.82) is 0 Å². The molecule has 2 amide bonds. The summed E-state index contributed by atoms with van der Waals surface area (Å²) in [5.41, 5.74) is 6.41. The smallest absolute Gasteiger partial charge is 0.407 e. The fraction of sp³-hybridized carbons (Fsp3) is 0.526. The molecule has 0 aliphatic heterocycles. The fourth-order valence-electron chi connectivity index (χ4n) is 2.41. The Balaban J connectivity index is 2.20. The third kappa shape index (κ3) is 10.9. The number of nitrogens with one attached hydrogen (secondary N) is 1. The minimum atomic E-state index is -0.986. The average molecular weight is 379 g/mol. The number of hydrogen-bond donors (Lipinski definition) is 3. The van der Waals surface area contributed by atoms with E-state index in [4.69, 9.17) is 15.6 Å². The number of carbonyl (C=O) groups is 3. The minimum absolute atomic E-state index is 0.00995. The first-order valence-corrected chi connectivity index (χ1v) is 9.17. The monoisotopic (exact) mass is 379 g/mol. The van der Waals surface area contributed by atoms with Crippen molar-refractivity contribution in [1.82, 2.24) is 10.2 Å². The van der Waals surface area contributed by atoms with Crippen LogP contribution in [0.25, 0.3) is 0 Å². The third-order valence-corrected chi connectivity index (χ3v) is 3.87. The molecule has 0 spiro atoms. The lowest BCUT2D eigenvalue weighted by atomic mass is 10.2. The molecule has 4 N–H and O–H groups in total.